The van der Waals surface area contributed by atoms with Crippen LogP contribution in [-0.2, 0) is 16.6 Å². The van der Waals surface area contributed by atoms with Gasteiger partial charge in [-0.2, -0.15) is 0 Å². The maximum atomic E-state index is 4.13. The molecule has 1 aliphatic rings. The molecule has 0 aliphatic carbocycles. The van der Waals surface area contributed by atoms with Crippen LogP contribution in [0.2, 0.25) is 0 Å². The largest absolute Gasteiger partial charge is 0.264 e. The molecule has 0 aromatic carbocycles. The van der Waals surface area contributed by atoms with Crippen molar-refractivity contribution in [2.75, 3.05) is 11.5 Å². The van der Waals surface area contributed by atoms with E-state index in [9.17, 15) is 0 Å². The van der Waals surface area contributed by atoms with Gasteiger partial charge in [0.2, 0.25) is 0 Å². The predicted octanol–water partition coefficient (Wildman–Crippen LogP) is 1.99. The summed E-state index contributed by atoms with van der Waals surface area (Å²) in [6.07, 6.45) is 6.75. The number of hydrogen-bond acceptors (Lipinski definition) is 1. The fourth-order valence-electron chi connectivity index (χ4n) is 1.58. The third-order valence-electron chi connectivity index (χ3n) is 2.21. The lowest BCUT2D eigenvalue weighted by atomic mass is 10.3. The van der Waals surface area contributed by atoms with Crippen molar-refractivity contribution in [3.05, 3.63) is 30.1 Å². The standard InChI is InChI=1S/C10H14NS/c1-2-7-12(6-1)9-10-4-3-5-11-8-10/h3-5,8H,1-2,6-7,9H2/q+1. The van der Waals surface area contributed by atoms with E-state index in [-0.39, 0.29) is 0 Å². The third kappa shape index (κ3) is 2.01. The van der Waals surface area contributed by atoms with Crippen molar-refractivity contribution in [1.82, 2.24) is 4.98 Å². The topological polar surface area (TPSA) is 12.9 Å². The highest BCUT2D eigenvalue weighted by Crippen LogP contribution is 2.17. The molecule has 1 aromatic rings. The van der Waals surface area contributed by atoms with Gasteiger partial charge in [-0.1, -0.05) is 6.07 Å². The van der Waals surface area contributed by atoms with Crippen molar-refractivity contribution in [3.8, 4) is 0 Å². The second kappa shape index (κ2) is 3.94. The Balaban J connectivity index is 1.94. The van der Waals surface area contributed by atoms with Gasteiger partial charge in [0.15, 0.2) is 0 Å². The molecule has 0 N–H and O–H groups in total. The predicted molar refractivity (Wildman–Crippen MR) is 54.3 cm³/mol. The lowest BCUT2D eigenvalue weighted by Gasteiger charge is -1.99. The summed E-state index contributed by atoms with van der Waals surface area (Å²) in [5.74, 6) is 4.18. The molecule has 0 spiro atoms. The Morgan fingerprint density at radius 3 is 2.83 bits per heavy atom. The zero-order chi connectivity index (χ0) is 8.23. The average molecular weight is 180 g/mol. The molecule has 1 aromatic heterocycles. The number of rotatable bonds is 2. The molecule has 1 aliphatic heterocycles. The quantitative estimate of drug-likeness (QED) is 0.634. The number of hydrogen-bond donors (Lipinski definition) is 0. The summed E-state index contributed by atoms with van der Waals surface area (Å²) < 4.78 is 0. The first-order chi connectivity index (χ1) is 5.95. The van der Waals surface area contributed by atoms with Crippen LogP contribution >= 0.6 is 0 Å². The Kier molecular flexibility index (Phi) is 2.67. The summed E-state index contributed by atoms with van der Waals surface area (Å²) in [6.45, 7) is 0. The second-order valence-electron chi connectivity index (χ2n) is 3.23. The highest BCUT2D eigenvalue weighted by atomic mass is 32.2. The zero-order valence-corrected chi connectivity index (χ0v) is 8.02. The lowest BCUT2D eigenvalue weighted by molar-refractivity contribution is 0.949. The lowest BCUT2D eigenvalue weighted by Crippen LogP contribution is -2.06. The monoisotopic (exact) mass is 180 g/mol. The molecular formula is C10H14NS+. The van der Waals surface area contributed by atoms with Gasteiger partial charge in [0, 0.05) is 18.0 Å². The van der Waals surface area contributed by atoms with Gasteiger partial charge in [0.25, 0.3) is 0 Å². The number of nitrogens with zero attached hydrogens (tertiary/aromatic N) is 1. The van der Waals surface area contributed by atoms with Crippen molar-refractivity contribution < 1.29 is 0 Å². The Morgan fingerprint density at radius 2 is 2.17 bits per heavy atom. The minimum absolute atomic E-state index is 0.682. The van der Waals surface area contributed by atoms with E-state index in [2.05, 4.69) is 11.1 Å². The molecular weight excluding hydrogens is 166 g/mol. The molecule has 0 amide bonds. The molecule has 0 atom stereocenters. The Morgan fingerprint density at radius 1 is 1.33 bits per heavy atom. The molecule has 0 unspecified atom stereocenters. The first-order valence-corrected chi connectivity index (χ1v) is 6.21. The van der Waals surface area contributed by atoms with E-state index in [1.165, 1.54) is 35.7 Å². The summed E-state index contributed by atoms with van der Waals surface area (Å²) in [5.41, 5.74) is 1.42. The van der Waals surface area contributed by atoms with Crippen LogP contribution < -0.4 is 0 Å². The molecule has 0 radical (unpaired) electrons. The first-order valence-electron chi connectivity index (χ1n) is 4.48. The summed E-state index contributed by atoms with van der Waals surface area (Å²) in [7, 11) is 0.682. The van der Waals surface area contributed by atoms with Crippen molar-refractivity contribution >= 4 is 10.9 Å². The van der Waals surface area contributed by atoms with Crippen molar-refractivity contribution in [3.63, 3.8) is 0 Å². The fraction of sp³-hybridized carbons (Fsp3) is 0.500. The fourth-order valence-corrected chi connectivity index (χ4v) is 3.94. The van der Waals surface area contributed by atoms with Gasteiger partial charge in [-0.15, -0.1) is 0 Å². The van der Waals surface area contributed by atoms with Gasteiger partial charge in [-0.05, 0) is 29.8 Å². The van der Waals surface area contributed by atoms with Crippen LogP contribution in [0.1, 0.15) is 18.4 Å². The Hall–Kier alpha value is -0.500. The second-order valence-corrected chi connectivity index (χ2v) is 5.56. The molecule has 2 heterocycles. The highest BCUT2D eigenvalue weighted by molar-refractivity contribution is 7.96. The molecule has 2 rings (SSSR count). The number of aromatic nitrogens is 1. The van der Waals surface area contributed by atoms with E-state index in [0.29, 0.717) is 10.9 Å². The molecule has 0 saturated carbocycles. The number of pyridine rings is 1. The van der Waals surface area contributed by atoms with Crippen molar-refractivity contribution in [2.45, 2.75) is 18.6 Å². The van der Waals surface area contributed by atoms with Crippen LogP contribution in [0.25, 0.3) is 0 Å². The summed E-state index contributed by atoms with van der Waals surface area (Å²) in [5, 5.41) is 0. The molecule has 2 heteroatoms. The molecule has 1 nitrogen and oxygen atoms in total. The molecule has 1 fully saturated rings. The van der Waals surface area contributed by atoms with Gasteiger partial charge < -0.3 is 0 Å². The first kappa shape index (κ1) is 8.11. The van der Waals surface area contributed by atoms with Gasteiger partial charge in [0.05, 0.1) is 0 Å². The summed E-state index contributed by atoms with van der Waals surface area (Å²) >= 11 is 0. The summed E-state index contributed by atoms with van der Waals surface area (Å²) in [6, 6.07) is 4.23. The molecule has 64 valence electrons. The zero-order valence-electron chi connectivity index (χ0n) is 7.20. The van der Waals surface area contributed by atoms with E-state index in [4.69, 9.17) is 0 Å². The average Bonchev–Trinajstić information content (AvgIpc) is 2.59. The van der Waals surface area contributed by atoms with E-state index in [0.717, 1.165) is 0 Å². The third-order valence-corrected chi connectivity index (χ3v) is 4.68. The normalized spacial score (nSPS) is 18.3. The van der Waals surface area contributed by atoms with Crippen molar-refractivity contribution in [1.29, 1.82) is 0 Å². The smallest absolute Gasteiger partial charge is 0.134 e. The molecule has 1 saturated heterocycles. The van der Waals surface area contributed by atoms with E-state index >= 15 is 0 Å². The van der Waals surface area contributed by atoms with Crippen LogP contribution in [0.15, 0.2) is 24.5 Å². The van der Waals surface area contributed by atoms with Gasteiger partial charge >= 0.3 is 0 Å². The van der Waals surface area contributed by atoms with Gasteiger partial charge in [0.1, 0.15) is 17.3 Å². The SMILES string of the molecule is c1cncc(C[S+]2CCCC2)c1. The van der Waals surface area contributed by atoms with E-state index in [1.807, 2.05) is 18.5 Å². The van der Waals surface area contributed by atoms with Crippen molar-refractivity contribution in [2.24, 2.45) is 0 Å². The van der Waals surface area contributed by atoms with E-state index < -0.39 is 0 Å². The van der Waals surface area contributed by atoms with Gasteiger partial charge in [-0.3, -0.25) is 4.98 Å². The highest BCUT2D eigenvalue weighted by Gasteiger charge is 2.23. The van der Waals surface area contributed by atoms with Crippen LogP contribution in [-0.4, -0.2) is 16.5 Å². The molecule has 12 heavy (non-hydrogen) atoms. The maximum absolute atomic E-state index is 4.13. The molecule has 0 bridgehead atoms. The maximum Gasteiger partial charge on any atom is 0.134 e. The van der Waals surface area contributed by atoms with Crippen LogP contribution in [0.5, 0.6) is 0 Å². The summed E-state index contributed by atoms with van der Waals surface area (Å²) in [4.78, 5) is 4.13. The van der Waals surface area contributed by atoms with Crippen LogP contribution in [0.3, 0.4) is 0 Å². The Bertz CT molecular complexity index is 229. The van der Waals surface area contributed by atoms with Crippen LogP contribution in [0.4, 0.5) is 0 Å². The minimum Gasteiger partial charge on any atom is -0.264 e. The van der Waals surface area contributed by atoms with Crippen LogP contribution in [0, 0.1) is 0 Å². The van der Waals surface area contributed by atoms with E-state index in [1.54, 1.807) is 0 Å². The van der Waals surface area contributed by atoms with Gasteiger partial charge in [-0.25, -0.2) is 0 Å². The minimum atomic E-state index is 0.682. The Labute approximate surface area is 76.6 Å².